The van der Waals surface area contributed by atoms with E-state index in [1.807, 2.05) is 79.3 Å². The number of rotatable bonds is 3. The van der Waals surface area contributed by atoms with E-state index in [2.05, 4.69) is 54.9 Å². The van der Waals surface area contributed by atoms with Gasteiger partial charge in [0.15, 0.2) is 0 Å². The monoisotopic (exact) mass is 485 g/mol. The molecule has 5 nitrogen and oxygen atoms in total. The SMILES string of the molecule is CC1CCC(C)CC1.CCc1cnn(-c2ccccc2)c1C.Cc1nc(N(C)C)c2ccccc2n1. The number of nitrogens with zero attached hydrogens (tertiary/aromatic N) is 5. The lowest BCUT2D eigenvalue weighted by atomic mass is 9.84. The van der Waals surface area contributed by atoms with Crippen molar-refractivity contribution in [3.05, 3.63) is 77.9 Å². The number of hydrogen-bond donors (Lipinski definition) is 0. The zero-order valence-electron chi connectivity index (χ0n) is 23.2. The molecule has 2 aromatic heterocycles. The number of fused-ring (bicyclic) bond motifs is 1. The number of aryl methyl sites for hydroxylation is 2. The molecule has 2 aromatic carbocycles. The van der Waals surface area contributed by atoms with Gasteiger partial charge in [0.1, 0.15) is 11.6 Å². The maximum absolute atomic E-state index is 4.42. The van der Waals surface area contributed by atoms with Gasteiger partial charge >= 0.3 is 0 Å². The fraction of sp³-hybridized carbons (Fsp3) is 0.452. The highest BCUT2D eigenvalue weighted by Gasteiger charge is 2.13. The van der Waals surface area contributed by atoms with Gasteiger partial charge in [0, 0.05) is 25.2 Å². The summed E-state index contributed by atoms with van der Waals surface area (Å²) in [5, 5.41) is 5.47. The first kappa shape index (κ1) is 27.4. The van der Waals surface area contributed by atoms with E-state index >= 15 is 0 Å². The van der Waals surface area contributed by atoms with Crippen molar-refractivity contribution >= 4 is 16.7 Å². The molecular formula is C31H43N5. The second-order valence-electron chi connectivity index (χ2n) is 10.2. The molecule has 0 radical (unpaired) electrons. The zero-order valence-corrected chi connectivity index (χ0v) is 23.2. The topological polar surface area (TPSA) is 46.8 Å². The smallest absolute Gasteiger partial charge is 0.139 e. The molecule has 4 aromatic rings. The van der Waals surface area contributed by atoms with Gasteiger partial charge < -0.3 is 4.90 Å². The number of para-hydroxylation sites is 2. The second kappa shape index (κ2) is 13.2. The van der Waals surface area contributed by atoms with Crippen LogP contribution in [0.1, 0.15) is 63.5 Å². The molecule has 0 aliphatic heterocycles. The first-order valence-electron chi connectivity index (χ1n) is 13.3. The maximum Gasteiger partial charge on any atom is 0.139 e. The third-order valence-electron chi connectivity index (χ3n) is 6.92. The third kappa shape index (κ3) is 7.39. The van der Waals surface area contributed by atoms with Gasteiger partial charge in [-0.05, 0) is 61.9 Å². The number of aromatic nitrogens is 4. The van der Waals surface area contributed by atoms with Crippen LogP contribution in [0.4, 0.5) is 5.82 Å². The van der Waals surface area contributed by atoms with E-state index < -0.39 is 0 Å². The lowest BCUT2D eigenvalue weighted by Gasteiger charge is -2.22. The Labute approximate surface area is 217 Å². The molecule has 1 aliphatic rings. The summed E-state index contributed by atoms with van der Waals surface area (Å²) in [6.45, 7) is 10.9. The van der Waals surface area contributed by atoms with Crippen LogP contribution in [0.2, 0.25) is 0 Å². The molecule has 0 saturated heterocycles. The predicted molar refractivity (Wildman–Crippen MR) is 153 cm³/mol. The molecule has 1 saturated carbocycles. The van der Waals surface area contributed by atoms with E-state index in [1.165, 1.54) is 36.9 Å². The quantitative estimate of drug-likeness (QED) is 0.300. The van der Waals surface area contributed by atoms with Crippen molar-refractivity contribution in [2.75, 3.05) is 19.0 Å². The molecule has 1 aliphatic carbocycles. The van der Waals surface area contributed by atoms with Gasteiger partial charge in [0.05, 0.1) is 17.4 Å². The average Bonchev–Trinajstić information content (AvgIpc) is 3.26. The van der Waals surface area contributed by atoms with Crippen LogP contribution in [0.5, 0.6) is 0 Å². The molecule has 36 heavy (non-hydrogen) atoms. The lowest BCUT2D eigenvalue weighted by Crippen LogP contribution is -2.12. The summed E-state index contributed by atoms with van der Waals surface area (Å²) in [4.78, 5) is 10.8. The Balaban J connectivity index is 0.000000157. The van der Waals surface area contributed by atoms with Gasteiger partial charge in [-0.2, -0.15) is 5.10 Å². The molecule has 0 spiro atoms. The van der Waals surface area contributed by atoms with E-state index in [9.17, 15) is 0 Å². The molecule has 0 N–H and O–H groups in total. The Morgan fingerprint density at radius 1 is 0.833 bits per heavy atom. The van der Waals surface area contributed by atoms with Gasteiger partial charge in [-0.25, -0.2) is 14.6 Å². The van der Waals surface area contributed by atoms with Crippen molar-refractivity contribution in [2.24, 2.45) is 11.8 Å². The van der Waals surface area contributed by atoms with Crippen LogP contribution >= 0.6 is 0 Å². The third-order valence-corrected chi connectivity index (χ3v) is 6.92. The van der Waals surface area contributed by atoms with E-state index in [-0.39, 0.29) is 0 Å². The van der Waals surface area contributed by atoms with E-state index in [4.69, 9.17) is 0 Å². The Kier molecular flexibility index (Phi) is 10.0. The Hall–Kier alpha value is -3.21. The van der Waals surface area contributed by atoms with Crippen LogP contribution in [0.15, 0.2) is 60.8 Å². The highest BCUT2D eigenvalue weighted by Crippen LogP contribution is 2.27. The fourth-order valence-corrected chi connectivity index (χ4v) is 4.56. The lowest BCUT2D eigenvalue weighted by molar-refractivity contribution is 0.308. The molecule has 0 amide bonds. The van der Waals surface area contributed by atoms with Crippen molar-refractivity contribution in [2.45, 2.75) is 66.7 Å². The molecule has 0 unspecified atom stereocenters. The number of anilines is 1. The molecule has 0 atom stereocenters. The van der Waals surface area contributed by atoms with Gasteiger partial charge in [0.2, 0.25) is 0 Å². The van der Waals surface area contributed by atoms with Gasteiger partial charge in [-0.15, -0.1) is 0 Å². The molecule has 5 rings (SSSR count). The van der Waals surface area contributed by atoms with Crippen molar-refractivity contribution in [3.8, 4) is 5.69 Å². The number of benzene rings is 2. The van der Waals surface area contributed by atoms with Crippen molar-refractivity contribution in [3.63, 3.8) is 0 Å². The van der Waals surface area contributed by atoms with Gasteiger partial charge in [0.25, 0.3) is 0 Å². The molecule has 192 valence electrons. The van der Waals surface area contributed by atoms with Crippen molar-refractivity contribution in [1.82, 2.24) is 19.7 Å². The van der Waals surface area contributed by atoms with Crippen LogP contribution in [-0.4, -0.2) is 33.8 Å². The predicted octanol–water partition coefficient (Wildman–Crippen LogP) is 7.58. The minimum absolute atomic E-state index is 0.812. The molecule has 0 bridgehead atoms. The summed E-state index contributed by atoms with van der Waals surface area (Å²) >= 11 is 0. The van der Waals surface area contributed by atoms with Crippen molar-refractivity contribution in [1.29, 1.82) is 0 Å². The summed E-state index contributed by atoms with van der Waals surface area (Å²) in [6.07, 6.45) is 8.88. The normalized spacial score (nSPS) is 17.0. The van der Waals surface area contributed by atoms with E-state index in [0.29, 0.717) is 0 Å². The number of hydrogen-bond acceptors (Lipinski definition) is 4. The Morgan fingerprint density at radius 2 is 1.42 bits per heavy atom. The van der Waals surface area contributed by atoms with Crippen LogP contribution in [-0.2, 0) is 6.42 Å². The highest BCUT2D eigenvalue weighted by atomic mass is 15.3. The van der Waals surface area contributed by atoms with Gasteiger partial charge in [-0.3, -0.25) is 0 Å². The zero-order chi connectivity index (χ0) is 26.1. The average molecular weight is 486 g/mol. The van der Waals surface area contributed by atoms with Crippen LogP contribution in [0, 0.1) is 25.7 Å². The summed E-state index contributed by atoms with van der Waals surface area (Å²) in [7, 11) is 3.99. The Morgan fingerprint density at radius 3 is 1.97 bits per heavy atom. The van der Waals surface area contributed by atoms with Crippen LogP contribution in [0.3, 0.4) is 0 Å². The van der Waals surface area contributed by atoms with Crippen LogP contribution in [0.25, 0.3) is 16.6 Å². The van der Waals surface area contributed by atoms with Crippen molar-refractivity contribution < 1.29 is 0 Å². The minimum atomic E-state index is 0.812. The summed E-state index contributed by atoms with van der Waals surface area (Å²) in [6, 6.07) is 18.3. The first-order chi connectivity index (χ1) is 17.3. The summed E-state index contributed by atoms with van der Waals surface area (Å²) in [5.41, 5.74) is 4.68. The summed E-state index contributed by atoms with van der Waals surface area (Å²) < 4.78 is 1.98. The van der Waals surface area contributed by atoms with Crippen LogP contribution < -0.4 is 4.90 Å². The second-order valence-corrected chi connectivity index (χ2v) is 10.2. The largest absolute Gasteiger partial charge is 0.362 e. The van der Waals surface area contributed by atoms with Gasteiger partial charge in [-0.1, -0.05) is 76.8 Å². The minimum Gasteiger partial charge on any atom is -0.362 e. The maximum atomic E-state index is 4.42. The Bertz CT molecular complexity index is 1190. The standard InChI is InChI=1S/C12H14N2.C11H13N3.C8H16/c1-3-11-9-13-14(10(11)2)12-7-5-4-6-8-12;1-8-12-10-7-5-4-6-9(10)11(13-8)14(2)3;1-7-3-5-8(2)6-4-7/h4-9H,3H2,1-2H3;4-7H,1-3H3;7-8H,3-6H2,1-2H3. The fourth-order valence-electron chi connectivity index (χ4n) is 4.56. The molecule has 5 heteroatoms. The van der Waals surface area contributed by atoms with E-state index in [0.717, 1.165) is 46.5 Å². The highest BCUT2D eigenvalue weighted by molar-refractivity contribution is 5.89. The first-order valence-corrected chi connectivity index (χ1v) is 13.3. The summed E-state index contributed by atoms with van der Waals surface area (Å²) in [5.74, 6) is 3.83. The molecule has 2 heterocycles. The molecular weight excluding hydrogens is 442 g/mol. The molecule has 1 fully saturated rings. The van der Waals surface area contributed by atoms with E-state index in [1.54, 1.807) is 0 Å².